The van der Waals surface area contributed by atoms with Crippen molar-refractivity contribution in [1.82, 2.24) is 9.71 Å². The number of nitrogens with zero attached hydrogens (tertiary/aromatic N) is 1. The van der Waals surface area contributed by atoms with Crippen molar-refractivity contribution in [2.24, 2.45) is 0 Å². The maximum atomic E-state index is 11.9. The van der Waals surface area contributed by atoms with E-state index in [9.17, 15) is 8.42 Å². The van der Waals surface area contributed by atoms with Gasteiger partial charge in [-0.1, -0.05) is 12.1 Å². The van der Waals surface area contributed by atoms with E-state index in [0.29, 0.717) is 5.56 Å². The van der Waals surface area contributed by atoms with E-state index in [1.54, 1.807) is 23.8 Å². The van der Waals surface area contributed by atoms with Gasteiger partial charge in [-0.05, 0) is 17.7 Å². The number of benzene rings is 1. The smallest absolute Gasteiger partial charge is 0.240 e. The first-order valence-corrected chi connectivity index (χ1v) is 7.55. The molecule has 1 aromatic carbocycles. The standard InChI is InChI=1S/C11H12N2O3S2/c14-7-9-1-3-11(4-2-9)18(15,16)13-6-10-5-12-8-17-10/h1-5,8,13-14H,6-7H2. The molecule has 1 aromatic heterocycles. The summed E-state index contributed by atoms with van der Waals surface area (Å²) in [5, 5.41) is 8.89. The highest BCUT2D eigenvalue weighted by Gasteiger charge is 2.13. The summed E-state index contributed by atoms with van der Waals surface area (Å²) >= 11 is 1.39. The molecule has 18 heavy (non-hydrogen) atoms. The van der Waals surface area contributed by atoms with Crippen LogP contribution in [0.4, 0.5) is 0 Å². The molecule has 7 heteroatoms. The van der Waals surface area contributed by atoms with Gasteiger partial charge in [0.15, 0.2) is 0 Å². The van der Waals surface area contributed by atoms with Gasteiger partial charge < -0.3 is 5.11 Å². The van der Waals surface area contributed by atoms with Crippen molar-refractivity contribution in [2.75, 3.05) is 0 Å². The van der Waals surface area contributed by atoms with Gasteiger partial charge in [-0.15, -0.1) is 11.3 Å². The van der Waals surface area contributed by atoms with Gasteiger partial charge in [-0.2, -0.15) is 0 Å². The molecule has 2 N–H and O–H groups in total. The first-order valence-electron chi connectivity index (χ1n) is 5.18. The summed E-state index contributed by atoms with van der Waals surface area (Å²) in [6.45, 7) is 0.128. The molecule has 0 radical (unpaired) electrons. The average Bonchev–Trinajstić information content (AvgIpc) is 2.90. The number of sulfonamides is 1. The van der Waals surface area contributed by atoms with E-state index in [0.717, 1.165) is 4.88 Å². The molecule has 5 nitrogen and oxygen atoms in total. The van der Waals surface area contributed by atoms with E-state index in [4.69, 9.17) is 5.11 Å². The predicted molar refractivity (Wildman–Crippen MR) is 68.5 cm³/mol. The van der Waals surface area contributed by atoms with Gasteiger partial charge in [0, 0.05) is 17.6 Å². The van der Waals surface area contributed by atoms with E-state index in [2.05, 4.69) is 9.71 Å². The molecule has 1 heterocycles. The molecule has 0 amide bonds. The molecule has 0 saturated carbocycles. The Morgan fingerprint density at radius 2 is 2.00 bits per heavy atom. The predicted octanol–water partition coefficient (Wildman–Crippen LogP) is 1.11. The maximum absolute atomic E-state index is 11.9. The summed E-state index contributed by atoms with van der Waals surface area (Å²) in [5.41, 5.74) is 2.33. The second kappa shape index (κ2) is 5.57. The molecule has 0 aliphatic heterocycles. The molecule has 0 aliphatic carbocycles. The largest absolute Gasteiger partial charge is 0.392 e. The number of rotatable bonds is 5. The summed E-state index contributed by atoms with van der Waals surface area (Å²) in [6.07, 6.45) is 1.63. The average molecular weight is 284 g/mol. The molecule has 0 fully saturated rings. The second-order valence-corrected chi connectivity index (χ2v) is 6.33. The van der Waals surface area contributed by atoms with Crippen LogP contribution in [0.15, 0.2) is 40.9 Å². The van der Waals surface area contributed by atoms with E-state index in [1.165, 1.54) is 23.5 Å². The highest BCUT2D eigenvalue weighted by Crippen LogP contribution is 2.12. The van der Waals surface area contributed by atoms with Crippen LogP contribution in [0.5, 0.6) is 0 Å². The van der Waals surface area contributed by atoms with Crippen molar-refractivity contribution in [3.05, 3.63) is 46.4 Å². The van der Waals surface area contributed by atoms with Crippen molar-refractivity contribution >= 4 is 21.4 Å². The zero-order chi connectivity index (χ0) is 13.0. The second-order valence-electron chi connectivity index (χ2n) is 3.59. The number of thiazole rings is 1. The lowest BCUT2D eigenvalue weighted by atomic mass is 10.2. The molecule has 0 atom stereocenters. The highest BCUT2D eigenvalue weighted by molar-refractivity contribution is 7.89. The number of aliphatic hydroxyl groups is 1. The topological polar surface area (TPSA) is 79.3 Å². The van der Waals surface area contributed by atoms with Crippen LogP contribution in [0.1, 0.15) is 10.4 Å². The fraction of sp³-hybridized carbons (Fsp3) is 0.182. The molecule has 0 unspecified atom stereocenters. The van der Waals surface area contributed by atoms with Gasteiger partial charge >= 0.3 is 0 Å². The lowest BCUT2D eigenvalue weighted by Crippen LogP contribution is -2.22. The molecule has 0 bridgehead atoms. The SMILES string of the molecule is O=S(=O)(NCc1cncs1)c1ccc(CO)cc1. The summed E-state index contributed by atoms with van der Waals surface area (Å²) in [4.78, 5) is 4.91. The summed E-state index contributed by atoms with van der Waals surface area (Å²) in [5.74, 6) is 0. The molecule has 0 aliphatic rings. The zero-order valence-electron chi connectivity index (χ0n) is 9.41. The third kappa shape index (κ3) is 3.14. The lowest BCUT2D eigenvalue weighted by Gasteiger charge is -2.06. The number of hydrogen-bond acceptors (Lipinski definition) is 5. The van der Waals surface area contributed by atoms with Crippen LogP contribution in [0.25, 0.3) is 0 Å². The summed E-state index contributed by atoms with van der Waals surface area (Å²) in [6, 6.07) is 6.11. The molecule has 96 valence electrons. The Bertz CT molecular complexity index is 592. The van der Waals surface area contributed by atoms with Crippen LogP contribution in [0.3, 0.4) is 0 Å². The van der Waals surface area contributed by atoms with Crippen LogP contribution in [0.2, 0.25) is 0 Å². The number of aromatic nitrogens is 1. The first kappa shape index (κ1) is 13.2. The third-order valence-corrected chi connectivity index (χ3v) is 4.53. The number of hydrogen-bond donors (Lipinski definition) is 2. The van der Waals surface area contributed by atoms with Crippen molar-refractivity contribution < 1.29 is 13.5 Å². The van der Waals surface area contributed by atoms with Crippen LogP contribution < -0.4 is 4.72 Å². The number of nitrogens with one attached hydrogen (secondary N) is 1. The lowest BCUT2D eigenvalue weighted by molar-refractivity contribution is 0.282. The van der Waals surface area contributed by atoms with Gasteiger partial charge in [0.1, 0.15) is 0 Å². The maximum Gasteiger partial charge on any atom is 0.240 e. The Balaban J connectivity index is 2.09. The van der Waals surface area contributed by atoms with Crippen molar-refractivity contribution in [3.63, 3.8) is 0 Å². The monoisotopic (exact) mass is 284 g/mol. The van der Waals surface area contributed by atoms with Crippen LogP contribution in [-0.4, -0.2) is 18.5 Å². The van der Waals surface area contributed by atoms with Crippen molar-refractivity contribution in [2.45, 2.75) is 18.0 Å². The fourth-order valence-electron chi connectivity index (χ4n) is 1.35. The molecular weight excluding hydrogens is 272 g/mol. The van der Waals surface area contributed by atoms with Crippen LogP contribution in [-0.2, 0) is 23.2 Å². The van der Waals surface area contributed by atoms with Crippen molar-refractivity contribution in [1.29, 1.82) is 0 Å². The van der Waals surface area contributed by atoms with Gasteiger partial charge in [0.05, 0.1) is 17.0 Å². The molecule has 0 saturated heterocycles. The Kier molecular flexibility index (Phi) is 4.07. The van der Waals surface area contributed by atoms with Gasteiger partial charge in [-0.25, -0.2) is 13.1 Å². The van der Waals surface area contributed by atoms with E-state index >= 15 is 0 Å². The minimum Gasteiger partial charge on any atom is -0.392 e. The van der Waals surface area contributed by atoms with Gasteiger partial charge in [0.25, 0.3) is 0 Å². The highest BCUT2D eigenvalue weighted by atomic mass is 32.2. The quantitative estimate of drug-likeness (QED) is 0.862. The van der Waals surface area contributed by atoms with Gasteiger partial charge in [-0.3, -0.25) is 4.98 Å². The van der Waals surface area contributed by atoms with Gasteiger partial charge in [0.2, 0.25) is 10.0 Å². The van der Waals surface area contributed by atoms with Crippen LogP contribution in [0, 0.1) is 0 Å². The summed E-state index contributed by atoms with van der Waals surface area (Å²) < 4.78 is 26.4. The minimum absolute atomic E-state index is 0.103. The van der Waals surface area contributed by atoms with E-state index < -0.39 is 10.0 Å². The Morgan fingerprint density at radius 1 is 1.28 bits per heavy atom. The van der Waals surface area contributed by atoms with E-state index in [-0.39, 0.29) is 18.0 Å². The fourth-order valence-corrected chi connectivity index (χ4v) is 2.99. The molecule has 2 rings (SSSR count). The van der Waals surface area contributed by atoms with E-state index in [1.807, 2.05) is 0 Å². The Hall–Kier alpha value is -1.28. The zero-order valence-corrected chi connectivity index (χ0v) is 11.0. The van der Waals surface area contributed by atoms with Crippen molar-refractivity contribution in [3.8, 4) is 0 Å². The minimum atomic E-state index is -3.51. The molecular formula is C11H12N2O3S2. The Morgan fingerprint density at radius 3 is 2.56 bits per heavy atom. The summed E-state index contributed by atoms with van der Waals surface area (Å²) in [7, 11) is -3.51. The normalized spacial score (nSPS) is 11.6. The molecule has 0 spiro atoms. The molecule has 2 aromatic rings. The third-order valence-electron chi connectivity index (χ3n) is 2.34. The number of aliphatic hydroxyl groups excluding tert-OH is 1. The first-order chi connectivity index (χ1) is 8.62. The van der Waals surface area contributed by atoms with Crippen LogP contribution >= 0.6 is 11.3 Å². The Labute approximate surface area is 109 Å².